The summed E-state index contributed by atoms with van der Waals surface area (Å²) in [5.74, 6) is 6.30. The van der Waals surface area contributed by atoms with Crippen molar-refractivity contribution in [1.29, 1.82) is 0 Å². The Morgan fingerprint density at radius 2 is 1.25 bits per heavy atom. The average molecular weight is 475 g/mol. The predicted octanol–water partition coefficient (Wildman–Crippen LogP) is 4.82. The van der Waals surface area contributed by atoms with Crippen molar-refractivity contribution in [2.45, 2.75) is 25.4 Å². The van der Waals surface area contributed by atoms with Gasteiger partial charge in [-0.05, 0) is 35.4 Å². The van der Waals surface area contributed by atoms with Crippen LogP contribution >= 0.6 is 0 Å². The van der Waals surface area contributed by atoms with E-state index in [4.69, 9.17) is 0 Å². The van der Waals surface area contributed by atoms with Crippen molar-refractivity contribution in [3.63, 3.8) is 0 Å². The minimum atomic E-state index is -0.0131. The van der Waals surface area contributed by atoms with Gasteiger partial charge in [0.05, 0.1) is 24.5 Å². The third kappa shape index (κ3) is 7.90. The molecular weight excluding hydrogens is 444 g/mol. The summed E-state index contributed by atoms with van der Waals surface area (Å²) in [5.41, 5.74) is 4.22. The van der Waals surface area contributed by atoms with Gasteiger partial charge in [-0.3, -0.25) is 19.7 Å². The molecule has 5 heteroatoms. The van der Waals surface area contributed by atoms with Crippen LogP contribution in [-0.4, -0.2) is 33.9 Å². The number of pyridine rings is 2. The molecule has 0 fully saturated rings. The Morgan fingerprint density at radius 3 is 1.75 bits per heavy atom. The van der Waals surface area contributed by atoms with Crippen LogP contribution in [0.4, 0.5) is 0 Å². The molecule has 0 aliphatic carbocycles. The van der Waals surface area contributed by atoms with E-state index < -0.39 is 0 Å². The van der Waals surface area contributed by atoms with E-state index in [1.165, 1.54) is 0 Å². The fourth-order valence-corrected chi connectivity index (χ4v) is 4.04. The molecule has 1 amide bonds. The van der Waals surface area contributed by atoms with E-state index >= 15 is 0 Å². The minimum Gasteiger partial charge on any atom is -0.345 e. The van der Waals surface area contributed by atoms with Crippen molar-refractivity contribution in [1.82, 2.24) is 20.2 Å². The number of amides is 1. The van der Waals surface area contributed by atoms with Crippen LogP contribution in [0.5, 0.6) is 0 Å². The molecule has 0 unspecified atom stereocenters. The Balaban J connectivity index is 1.33. The Labute approximate surface area is 213 Å². The highest BCUT2D eigenvalue weighted by Gasteiger charge is 2.17. The molecule has 4 rings (SSSR count). The lowest BCUT2D eigenvalue weighted by atomic mass is 9.88. The van der Waals surface area contributed by atoms with E-state index in [0.29, 0.717) is 32.6 Å². The molecule has 0 saturated carbocycles. The lowest BCUT2D eigenvalue weighted by Crippen LogP contribution is -2.26. The zero-order chi connectivity index (χ0) is 24.8. The smallest absolute Gasteiger partial charge is 0.221 e. The first-order valence-electron chi connectivity index (χ1n) is 12.1. The first-order chi connectivity index (χ1) is 17.8. The topological polar surface area (TPSA) is 58.1 Å². The fourth-order valence-electron chi connectivity index (χ4n) is 4.04. The van der Waals surface area contributed by atoms with Crippen LogP contribution in [0, 0.1) is 11.8 Å². The SMILES string of the molecule is O=C(CC(c1ccccc1)c1ccccc1)NCC#CCN(Cc1ccccn1)Cc1ccccn1. The van der Waals surface area contributed by atoms with Crippen molar-refractivity contribution >= 4 is 5.91 Å². The number of rotatable bonds is 10. The van der Waals surface area contributed by atoms with Crippen LogP contribution in [0.2, 0.25) is 0 Å². The van der Waals surface area contributed by atoms with Crippen LogP contribution in [0.15, 0.2) is 109 Å². The Kier molecular flexibility index (Phi) is 9.37. The Hall–Kier alpha value is -4.27. The molecule has 5 nitrogen and oxygen atoms in total. The molecular formula is C31H30N4O. The molecule has 0 aliphatic rings. The second kappa shape index (κ2) is 13.6. The molecule has 0 spiro atoms. The van der Waals surface area contributed by atoms with Crippen molar-refractivity contribution in [2.75, 3.05) is 13.1 Å². The quantitative estimate of drug-likeness (QED) is 0.335. The van der Waals surface area contributed by atoms with Gasteiger partial charge in [-0.1, -0.05) is 84.6 Å². The number of hydrogen-bond donors (Lipinski definition) is 1. The van der Waals surface area contributed by atoms with Gasteiger partial charge in [0.1, 0.15) is 0 Å². The highest BCUT2D eigenvalue weighted by Crippen LogP contribution is 2.27. The molecule has 0 radical (unpaired) electrons. The van der Waals surface area contributed by atoms with Crippen LogP contribution < -0.4 is 5.32 Å². The maximum Gasteiger partial charge on any atom is 0.221 e. The highest BCUT2D eigenvalue weighted by atomic mass is 16.1. The minimum absolute atomic E-state index is 0.00703. The van der Waals surface area contributed by atoms with Gasteiger partial charge in [0.2, 0.25) is 5.91 Å². The number of nitrogens with zero attached hydrogens (tertiary/aromatic N) is 3. The number of nitrogens with one attached hydrogen (secondary N) is 1. The largest absolute Gasteiger partial charge is 0.345 e. The fraction of sp³-hybridized carbons (Fsp3) is 0.194. The normalized spacial score (nSPS) is 10.6. The Morgan fingerprint density at radius 1 is 0.722 bits per heavy atom. The van der Waals surface area contributed by atoms with E-state index in [0.717, 1.165) is 22.5 Å². The summed E-state index contributed by atoms with van der Waals surface area (Å²) in [6.07, 6.45) is 3.97. The van der Waals surface area contributed by atoms with Gasteiger partial charge in [-0.25, -0.2) is 0 Å². The number of aromatic nitrogens is 2. The number of benzene rings is 2. The van der Waals surface area contributed by atoms with Crippen molar-refractivity contribution in [2.24, 2.45) is 0 Å². The van der Waals surface area contributed by atoms with E-state index in [9.17, 15) is 4.79 Å². The number of carbonyl (C=O) groups excluding carboxylic acids is 1. The third-order valence-corrected chi connectivity index (χ3v) is 5.82. The van der Waals surface area contributed by atoms with Crippen molar-refractivity contribution in [3.8, 4) is 11.8 Å². The van der Waals surface area contributed by atoms with Crippen LogP contribution in [-0.2, 0) is 17.9 Å². The second-order valence-electron chi connectivity index (χ2n) is 8.50. The average Bonchev–Trinajstić information content (AvgIpc) is 2.93. The number of hydrogen-bond acceptors (Lipinski definition) is 4. The Bertz CT molecular complexity index is 1170. The van der Waals surface area contributed by atoms with E-state index in [1.54, 1.807) is 12.4 Å². The van der Waals surface area contributed by atoms with Crippen molar-refractivity contribution < 1.29 is 4.79 Å². The van der Waals surface area contributed by atoms with Gasteiger partial charge in [0.25, 0.3) is 0 Å². The predicted molar refractivity (Wildman–Crippen MR) is 143 cm³/mol. The summed E-state index contributed by atoms with van der Waals surface area (Å²) in [5, 5.41) is 2.97. The lowest BCUT2D eigenvalue weighted by Gasteiger charge is -2.19. The molecule has 0 bridgehead atoms. The molecule has 0 saturated heterocycles. The first kappa shape index (κ1) is 24.8. The van der Waals surface area contributed by atoms with E-state index in [-0.39, 0.29) is 11.8 Å². The monoisotopic (exact) mass is 474 g/mol. The van der Waals surface area contributed by atoms with Crippen molar-refractivity contribution in [3.05, 3.63) is 132 Å². The van der Waals surface area contributed by atoms with Gasteiger partial charge in [-0.15, -0.1) is 0 Å². The number of carbonyl (C=O) groups is 1. The molecule has 36 heavy (non-hydrogen) atoms. The molecule has 4 aromatic rings. The van der Waals surface area contributed by atoms with Crippen LogP contribution in [0.1, 0.15) is 34.9 Å². The lowest BCUT2D eigenvalue weighted by molar-refractivity contribution is -0.121. The molecule has 2 aromatic carbocycles. The molecule has 2 aromatic heterocycles. The summed E-state index contributed by atoms with van der Waals surface area (Å²) in [6.45, 7) is 2.22. The summed E-state index contributed by atoms with van der Waals surface area (Å²) >= 11 is 0. The van der Waals surface area contributed by atoms with Crippen LogP contribution in [0.3, 0.4) is 0 Å². The van der Waals surface area contributed by atoms with Gasteiger partial charge in [0, 0.05) is 37.8 Å². The van der Waals surface area contributed by atoms with E-state index in [1.807, 2.05) is 72.8 Å². The zero-order valence-electron chi connectivity index (χ0n) is 20.3. The maximum atomic E-state index is 12.8. The van der Waals surface area contributed by atoms with Gasteiger partial charge >= 0.3 is 0 Å². The summed E-state index contributed by atoms with van der Waals surface area (Å²) in [4.78, 5) is 23.8. The molecule has 1 N–H and O–H groups in total. The zero-order valence-corrected chi connectivity index (χ0v) is 20.3. The first-order valence-corrected chi connectivity index (χ1v) is 12.1. The molecule has 2 heterocycles. The summed E-state index contributed by atoms with van der Waals surface area (Å²) in [6, 6.07) is 32.1. The molecule has 0 atom stereocenters. The van der Waals surface area contributed by atoms with Gasteiger partial charge in [0.15, 0.2) is 0 Å². The third-order valence-electron chi connectivity index (χ3n) is 5.82. The van der Waals surface area contributed by atoms with Gasteiger partial charge in [-0.2, -0.15) is 0 Å². The highest BCUT2D eigenvalue weighted by molar-refractivity contribution is 5.77. The summed E-state index contributed by atoms with van der Waals surface area (Å²) in [7, 11) is 0. The molecule has 0 aliphatic heterocycles. The standard InChI is InChI=1S/C31H30N4O/c36-31(23-30(26-13-3-1-4-14-26)27-15-5-2-6-16-27)34-21-11-12-22-35(24-28-17-7-9-19-32-28)25-29-18-8-10-20-33-29/h1-10,13-20,30H,21-25H2,(H,34,36). The maximum absolute atomic E-state index is 12.8. The molecule has 180 valence electrons. The summed E-state index contributed by atoms with van der Waals surface area (Å²) < 4.78 is 0. The van der Waals surface area contributed by atoms with Crippen LogP contribution in [0.25, 0.3) is 0 Å². The van der Waals surface area contributed by atoms with E-state index in [2.05, 4.69) is 56.3 Å². The van der Waals surface area contributed by atoms with Gasteiger partial charge < -0.3 is 5.32 Å². The second-order valence-corrected chi connectivity index (χ2v) is 8.50.